The monoisotopic (exact) mass is 345 g/mol. The van der Waals surface area contributed by atoms with Gasteiger partial charge >= 0.3 is 5.97 Å². The highest BCUT2D eigenvalue weighted by atomic mass is 35.5. The average molecular weight is 346 g/mol. The standard InChI is InChI=1S/C13H13Cl2N3O2S/c1-2-4-10-16-17-13(21-7-11(19)20)18(10)12-8(14)5-3-6-9(12)15/h3,5-6H,2,4,7H2,1H3,(H,19,20). The van der Waals surface area contributed by atoms with Crippen molar-refractivity contribution in [1.82, 2.24) is 14.8 Å². The molecule has 112 valence electrons. The summed E-state index contributed by atoms with van der Waals surface area (Å²) in [5, 5.41) is 18.4. The highest BCUT2D eigenvalue weighted by molar-refractivity contribution is 7.99. The zero-order valence-corrected chi connectivity index (χ0v) is 13.5. The van der Waals surface area contributed by atoms with Gasteiger partial charge < -0.3 is 5.11 Å². The molecule has 0 unspecified atom stereocenters. The number of benzene rings is 1. The van der Waals surface area contributed by atoms with E-state index in [1.807, 2.05) is 6.92 Å². The normalized spacial score (nSPS) is 10.8. The summed E-state index contributed by atoms with van der Waals surface area (Å²) < 4.78 is 1.74. The SMILES string of the molecule is CCCc1nnc(SCC(=O)O)n1-c1c(Cl)cccc1Cl. The first-order valence-corrected chi connectivity index (χ1v) is 8.02. The maximum atomic E-state index is 10.8. The fraction of sp³-hybridized carbons (Fsp3) is 0.308. The lowest BCUT2D eigenvalue weighted by Crippen LogP contribution is -2.06. The first-order chi connectivity index (χ1) is 10.0. The van der Waals surface area contributed by atoms with Gasteiger partial charge in [0.2, 0.25) is 0 Å². The number of carboxylic acids is 1. The molecule has 0 bridgehead atoms. The van der Waals surface area contributed by atoms with Crippen molar-refractivity contribution in [3.05, 3.63) is 34.1 Å². The van der Waals surface area contributed by atoms with Gasteiger partial charge in [0.15, 0.2) is 5.16 Å². The van der Waals surface area contributed by atoms with Gasteiger partial charge in [0.05, 0.1) is 21.5 Å². The maximum absolute atomic E-state index is 10.8. The minimum Gasteiger partial charge on any atom is -0.481 e. The van der Waals surface area contributed by atoms with Gasteiger partial charge in [-0.25, -0.2) is 0 Å². The van der Waals surface area contributed by atoms with Gasteiger partial charge in [-0.1, -0.05) is 48.0 Å². The van der Waals surface area contributed by atoms with Crippen molar-refractivity contribution in [1.29, 1.82) is 0 Å². The number of hydrogen-bond donors (Lipinski definition) is 1. The maximum Gasteiger partial charge on any atom is 0.313 e. The number of halogens is 2. The molecule has 0 aliphatic carbocycles. The van der Waals surface area contributed by atoms with E-state index < -0.39 is 5.97 Å². The van der Waals surface area contributed by atoms with Crippen LogP contribution >= 0.6 is 35.0 Å². The van der Waals surface area contributed by atoms with Crippen LogP contribution in [0.5, 0.6) is 0 Å². The van der Waals surface area contributed by atoms with E-state index >= 15 is 0 Å². The fourth-order valence-electron chi connectivity index (χ4n) is 1.83. The van der Waals surface area contributed by atoms with Crippen LogP contribution in [0.4, 0.5) is 0 Å². The molecule has 0 saturated carbocycles. The fourth-order valence-corrected chi connectivity index (χ4v) is 3.08. The quantitative estimate of drug-likeness (QED) is 0.808. The zero-order chi connectivity index (χ0) is 15.4. The predicted molar refractivity (Wildman–Crippen MR) is 83.7 cm³/mol. The third kappa shape index (κ3) is 3.70. The summed E-state index contributed by atoms with van der Waals surface area (Å²) in [6.45, 7) is 2.03. The summed E-state index contributed by atoms with van der Waals surface area (Å²) in [5.41, 5.74) is 0.585. The topological polar surface area (TPSA) is 68.0 Å². The van der Waals surface area contributed by atoms with E-state index in [4.69, 9.17) is 28.3 Å². The van der Waals surface area contributed by atoms with Crippen LogP contribution in [0.1, 0.15) is 19.2 Å². The highest BCUT2D eigenvalue weighted by Gasteiger charge is 2.19. The van der Waals surface area contributed by atoms with Crippen LogP contribution in [-0.2, 0) is 11.2 Å². The van der Waals surface area contributed by atoms with Crippen LogP contribution in [-0.4, -0.2) is 31.6 Å². The molecule has 2 aromatic rings. The third-order valence-electron chi connectivity index (χ3n) is 2.66. The number of carboxylic acid groups (broad SMARTS) is 1. The first-order valence-electron chi connectivity index (χ1n) is 6.27. The molecule has 0 aliphatic rings. The van der Waals surface area contributed by atoms with E-state index in [-0.39, 0.29) is 5.75 Å². The van der Waals surface area contributed by atoms with Crippen LogP contribution in [0, 0.1) is 0 Å². The van der Waals surface area contributed by atoms with Gasteiger partial charge in [-0.15, -0.1) is 10.2 Å². The van der Waals surface area contributed by atoms with Crippen molar-refractivity contribution in [3.63, 3.8) is 0 Å². The van der Waals surface area contributed by atoms with Gasteiger partial charge in [-0.05, 0) is 18.6 Å². The average Bonchev–Trinajstić information content (AvgIpc) is 2.80. The van der Waals surface area contributed by atoms with Gasteiger partial charge in [-0.2, -0.15) is 0 Å². The second-order valence-corrected chi connectivity index (χ2v) is 5.99. The van der Waals surface area contributed by atoms with Gasteiger partial charge in [-0.3, -0.25) is 9.36 Å². The summed E-state index contributed by atoms with van der Waals surface area (Å²) in [4.78, 5) is 10.8. The number of aliphatic carboxylic acids is 1. The molecule has 21 heavy (non-hydrogen) atoms. The summed E-state index contributed by atoms with van der Waals surface area (Å²) in [5.74, 6) is -0.316. The molecule has 1 aromatic heterocycles. The van der Waals surface area contributed by atoms with Crippen molar-refractivity contribution >= 4 is 40.9 Å². The van der Waals surface area contributed by atoms with Crippen molar-refractivity contribution in [3.8, 4) is 5.69 Å². The highest BCUT2D eigenvalue weighted by Crippen LogP contribution is 2.32. The van der Waals surface area contributed by atoms with Crippen molar-refractivity contribution in [2.45, 2.75) is 24.9 Å². The Hall–Kier alpha value is -1.24. The molecule has 1 heterocycles. The van der Waals surface area contributed by atoms with E-state index in [1.54, 1.807) is 22.8 Å². The van der Waals surface area contributed by atoms with Crippen molar-refractivity contribution in [2.75, 3.05) is 5.75 Å². The largest absolute Gasteiger partial charge is 0.481 e. The second-order valence-electron chi connectivity index (χ2n) is 4.24. The number of para-hydroxylation sites is 1. The molecular weight excluding hydrogens is 333 g/mol. The molecule has 0 radical (unpaired) electrons. The zero-order valence-electron chi connectivity index (χ0n) is 11.2. The first kappa shape index (κ1) is 16.1. The Bertz CT molecular complexity index is 641. The predicted octanol–water partition coefficient (Wildman–Crippen LogP) is 3.70. The van der Waals surface area contributed by atoms with E-state index in [0.29, 0.717) is 33.1 Å². The van der Waals surface area contributed by atoms with Crippen LogP contribution in [0.3, 0.4) is 0 Å². The summed E-state index contributed by atoms with van der Waals surface area (Å²) in [6, 6.07) is 5.20. The minimum atomic E-state index is -0.920. The number of thioether (sulfide) groups is 1. The number of aromatic nitrogens is 3. The molecule has 1 aromatic carbocycles. The van der Waals surface area contributed by atoms with Gasteiger partial charge in [0.25, 0.3) is 0 Å². The van der Waals surface area contributed by atoms with Crippen LogP contribution in [0.15, 0.2) is 23.4 Å². The Morgan fingerprint density at radius 2 is 2.00 bits per heavy atom. The van der Waals surface area contributed by atoms with E-state index in [9.17, 15) is 4.79 Å². The van der Waals surface area contributed by atoms with Crippen LogP contribution < -0.4 is 0 Å². The van der Waals surface area contributed by atoms with Crippen LogP contribution in [0.2, 0.25) is 10.0 Å². The van der Waals surface area contributed by atoms with Crippen molar-refractivity contribution in [2.24, 2.45) is 0 Å². The molecule has 0 atom stereocenters. The lowest BCUT2D eigenvalue weighted by Gasteiger charge is -2.12. The lowest BCUT2D eigenvalue weighted by molar-refractivity contribution is -0.133. The molecule has 0 spiro atoms. The van der Waals surface area contributed by atoms with E-state index in [2.05, 4.69) is 10.2 Å². The molecule has 5 nitrogen and oxygen atoms in total. The molecule has 0 saturated heterocycles. The minimum absolute atomic E-state index is 0.105. The van der Waals surface area contributed by atoms with Gasteiger partial charge in [0, 0.05) is 6.42 Å². The molecule has 0 fully saturated rings. The molecule has 0 aliphatic heterocycles. The lowest BCUT2D eigenvalue weighted by atomic mass is 10.3. The summed E-state index contributed by atoms with van der Waals surface area (Å²) in [6.07, 6.45) is 1.58. The Kier molecular flexibility index (Phi) is 5.50. The number of aryl methyl sites for hydroxylation is 1. The molecule has 2 rings (SSSR count). The van der Waals surface area contributed by atoms with Crippen LogP contribution in [0.25, 0.3) is 5.69 Å². The van der Waals surface area contributed by atoms with E-state index in [1.165, 1.54) is 0 Å². The molecular formula is C13H13Cl2N3O2S. The molecule has 8 heteroatoms. The summed E-state index contributed by atoms with van der Waals surface area (Å²) in [7, 11) is 0. The third-order valence-corrected chi connectivity index (χ3v) is 4.18. The number of rotatable bonds is 6. The molecule has 0 amide bonds. The summed E-state index contributed by atoms with van der Waals surface area (Å²) >= 11 is 13.6. The Morgan fingerprint density at radius 1 is 1.33 bits per heavy atom. The van der Waals surface area contributed by atoms with Crippen molar-refractivity contribution < 1.29 is 9.90 Å². The number of nitrogens with zero attached hydrogens (tertiary/aromatic N) is 3. The Balaban J connectivity index is 2.53. The Morgan fingerprint density at radius 3 is 2.57 bits per heavy atom. The van der Waals surface area contributed by atoms with E-state index in [0.717, 1.165) is 18.2 Å². The number of hydrogen-bond acceptors (Lipinski definition) is 4. The smallest absolute Gasteiger partial charge is 0.313 e. The molecule has 1 N–H and O–H groups in total. The van der Waals surface area contributed by atoms with Gasteiger partial charge in [0.1, 0.15) is 5.82 Å². The Labute approximate surface area is 136 Å². The number of carbonyl (C=O) groups is 1. The second kappa shape index (κ2) is 7.15.